The Bertz CT molecular complexity index is 862. The van der Waals surface area contributed by atoms with Crippen molar-refractivity contribution in [2.75, 3.05) is 35.9 Å². The molecule has 2 aliphatic rings. The van der Waals surface area contributed by atoms with E-state index in [2.05, 4.69) is 14.6 Å². The number of fused-ring (bicyclic) bond motifs is 1. The van der Waals surface area contributed by atoms with Crippen molar-refractivity contribution in [3.05, 3.63) is 36.5 Å². The Balaban J connectivity index is 1.52. The van der Waals surface area contributed by atoms with Gasteiger partial charge in [0.15, 0.2) is 11.5 Å². The van der Waals surface area contributed by atoms with Crippen LogP contribution in [0.25, 0.3) is 0 Å². The summed E-state index contributed by atoms with van der Waals surface area (Å²) in [5, 5.41) is 0. The SMILES string of the molecule is O=S(=O)(Nc1ccc(N2CCCC2)cn1)c1ccc2c(c1)OCCO2. The van der Waals surface area contributed by atoms with Crippen LogP contribution in [0.2, 0.25) is 0 Å². The molecule has 0 saturated carbocycles. The molecule has 132 valence electrons. The summed E-state index contributed by atoms with van der Waals surface area (Å²) in [5.41, 5.74) is 1.01. The summed E-state index contributed by atoms with van der Waals surface area (Å²) >= 11 is 0. The van der Waals surface area contributed by atoms with Crippen LogP contribution in [0.15, 0.2) is 41.4 Å². The van der Waals surface area contributed by atoms with Gasteiger partial charge in [-0.1, -0.05) is 0 Å². The highest BCUT2D eigenvalue weighted by Gasteiger charge is 2.20. The molecular formula is C17H19N3O4S. The molecule has 0 bridgehead atoms. The van der Waals surface area contributed by atoms with E-state index in [4.69, 9.17) is 9.47 Å². The van der Waals surface area contributed by atoms with E-state index < -0.39 is 10.0 Å². The van der Waals surface area contributed by atoms with Crippen molar-refractivity contribution < 1.29 is 17.9 Å². The number of ether oxygens (including phenoxy) is 2. The molecule has 0 aliphatic carbocycles. The summed E-state index contributed by atoms with van der Waals surface area (Å²) in [6.07, 6.45) is 4.06. The van der Waals surface area contributed by atoms with Crippen molar-refractivity contribution in [2.45, 2.75) is 17.7 Å². The average molecular weight is 361 g/mol. The van der Waals surface area contributed by atoms with Crippen molar-refractivity contribution in [1.82, 2.24) is 4.98 Å². The maximum absolute atomic E-state index is 12.6. The number of nitrogens with one attached hydrogen (secondary N) is 1. The smallest absolute Gasteiger partial charge is 0.263 e. The van der Waals surface area contributed by atoms with E-state index in [0.29, 0.717) is 24.7 Å². The molecule has 0 unspecified atom stereocenters. The minimum atomic E-state index is -3.74. The average Bonchev–Trinajstić information content (AvgIpc) is 3.16. The highest BCUT2D eigenvalue weighted by atomic mass is 32.2. The van der Waals surface area contributed by atoms with Gasteiger partial charge in [-0.25, -0.2) is 13.4 Å². The minimum Gasteiger partial charge on any atom is -0.486 e. The maximum atomic E-state index is 12.6. The van der Waals surface area contributed by atoms with E-state index >= 15 is 0 Å². The zero-order chi connectivity index (χ0) is 17.3. The van der Waals surface area contributed by atoms with E-state index in [1.807, 2.05) is 6.07 Å². The van der Waals surface area contributed by atoms with Gasteiger partial charge >= 0.3 is 0 Å². The van der Waals surface area contributed by atoms with Gasteiger partial charge in [0.2, 0.25) is 0 Å². The van der Waals surface area contributed by atoms with Crippen molar-refractivity contribution in [3.8, 4) is 11.5 Å². The van der Waals surface area contributed by atoms with Gasteiger partial charge in [-0.3, -0.25) is 4.72 Å². The molecule has 25 heavy (non-hydrogen) atoms. The van der Waals surface area contributed by atoms with Gasteiger partial charge < -0.3 is 14.4 Å². The first-order chi connectivity index (χ1) is 12.1. The number of rotatable bonds is 4. The molecule has 1 saturated heterocycles. The molecule has 2 aromatic rings. The van der Waals surface area contributed by atoms with Gasteiger partial charge in [0, 0.05) is 19.2 Å². The lowest BCUT2D eigenvalue weighted by Gasteiger charge is -2.19. The molecule has 0 amide bonds. The van der Waals surface area contributed by atoms with Crippen LogP contribution in [0.5, 0.6) is 11.5 Å². The van der Waals surface area contributed by atoms with Crippen LogP contribution >= 0.6 is 0 Å². The van der Waals surface area contributed by atoms with Crippen LogP contribution in [0.4, 0.5) is 11.5 Å². The molecular weight excluding hydrogens is 342 g/mol. The normalized spacial score (nSPS) is 16.7. The topological polar surface area (TPSA) is 80.8 Å². The molecule has 0 atom stereocenters. The lowest BCUT2D eigenvalue weighted by atomic mass is 10.3. The van der Waals surface area contributed by atoms with Gasteiger partial charge in [-0.15, -0.1) is 0 Å². The Kier molecular flexibility index (Phi) is 4.12. The van der Waals surface area contributed by atoms with Crippen LogP contribution in [0.3, 0.4) is 0 Å². The predicted octanol–water partition coefficient (Wildman–Crippen LogP) is 2.25. The van der Waals surface area contributed by atoms with Gasteiger partial charge in [-0.2, -0.15) is 0 Å². The highest BCUT2D eigenvalue weighted by molar-refractivity contribution is 7.92. The summed E-state index contributed by atoms with van der Waals surface area (Å²) in [6.45, 7) is 2.90. The van der Waals surface area contributed by atoms with Crippen LogP contribution < -0.4 is 19.1 Å². The molecule has 4 rings (SSSR count). The van der Waals surface area contributed by atoms with Crippen molar-refractivity contribution in [1.29, 1.82) is 0 Å². The zero-order valence-corrected chi connectivity index (χ0v) is 14.5. The molecule has 3 heterocycles. The first-order valence-corrected chi connectivity index (χ1v) is 9.74. The summed E-state index contributed by atoms with van der Waals surface area (Å²) in [4.78, 5) is 6.59. The summed E-state index contributed by atoms with van der Waals surface area (Å²) in [5.74, 6) is 1.28. The predicted molar refractivity (Wildman–Crippen MR) is 93.9 cm³/mol. The Morgan fingerprint density at radius 3 is 2.48 bits per heavy atom. The zero-order valence-electron chi connectivity index (χ0n) is 13.6. The first kappa shape index (κ1) is 16.0. The molecule has 1 N–H and O–H groups in total. The van der Waals surface area contributed by atoms with Gasteiger partial charge in [-0.05, 0) is 37.1 Å². The lowest BCUT2D eigenvalue weighted by molar-refractivity contribution is 0.171. The highest BCUT2D eigenvalue weighted by Crippen LogP contribution is 2.32. The fraction of sp³-hybridized carbons (Fsp3) is 0.353. The second-order valence-electron chi connectivity index (χ2n) is 6.01. The molecule has 2 aliphatic heterocycles. The lowest BCUT2D eigenvalue weighted by Crippen LogP contribution is -2.19. The summed E-state index contributed by atoms with van der Waals surface area (Å²) in [6, 6.07) is 8.14. The fourth-order valence-electron chi connectivity index (χ4n) is 3.00. The van der Waals surface area contributed by atoms with E-state index in [1.54, 1.807) is 18.3 Å². The number of anilines is 2. The van der Waals surface area contributed by atoms with E-state index in [9.17, 15) is 8.42 Å². The number of sulfonamides is 1. The van der Waals surface area contributed by atoms with Crippen molar-refractivity contribution in [2.24, 2.45) is 0 Å². The number of hydrogen-bond donors (Lipinski definition) is 1. The van der Waals surface area contributed by atoms with Crippen LogP contribution in [-0.4, -0.2) is 39.7 Å². The van der Waals surface area contributed by atoms with E-state index in [0.717, 1.165) is 18.8 Å². The molecule has 0 radical (unpaired) electrons. The third-order valence-corrected chi connectivity index (χ3v) is 5.63. The van der Waals surface area contributed by atoms with Gasteiger partial charge in [0.05, 0.1) is 16.8 Å². The largest absolute Gasteiger partial charge is 0.486 e. The number of pyridine rings is 1. The number of benzene rings is 1. The van der Waals surface area contributed by atoms with Crippen LogP contribution in [0, 0.1) is 0 Å². The van der Waals surface area contributed by atoms with Crippen molar-refractivity contribution in [3.63, 3.8) is 0 Å². The first-order valence-electron chi connectivity index (χ1n) is 8.25. The maximum Gasteiger partial charge on any atom is 0.263 e. The van der Waals surface area contributed by atoms with Gasteiger partial charge in [0.25, 0.3) is 10.0 Å². The Morgan fingerprint density at radius 1 is 1.00 bits per heavy atom. The third kappa shape index (κ3) is 3.34. The minimum absolute atomic E-state index is 0.113. The molecule has 1 aromatic heterocycles. The quantitative estimate of drug-likeness (QED) is 0.900. The molecule has 1 fully saturated rings. The second-order valence-corrected chi connectivity index (χ2v) is 7.69. The van der Waals surface area contributed by atoms with E-state index in [-0.39, 0.29) is 10.7 Å². The number of aromatic nitrogens is 1. The number of hydrogen-bond acceptors (Lipinski definition) is 6. The van der Waals surface area contributed by atoms with Crippen molar-refractivity contribution >= 4 is 21.5 Å². The monoisotopic (exact) mass is 361 g/mol. The molecule has 7 nitrogen and oxygen atoms in total. The Morgan fingerprint density at radius 2 is 1.76 bits per heavy atom. The second kappa shape index (κ2) is 6.44. The van der Waals surface area contributed by atoms with E-state index in [1.165, 1.54) is 25.0 Å². The summed E-state index contributed by atoms with van der Waals surface area (Å²) < 4.78 is 38.5. The Hall–Kier alpha value is -2.48. The molecule has 0 spiro atoms. The molecule has 8 heteroatoms. The summed E-state index contributed by atoms with van der Waals surface area (Å²) in [7, 11) is -3.74. The molecule has 1 aromatic carbocycles. The fourth-order valence-corrected chi connectivity index (χ4v) is 4.02. The van der Waals surface area contributed by atoms with Crippen LogP contribution in [-0.2, 0) is 10.0 Å². The van der Waals surface area contributed by atoms with Crippen LogP contribution in [0.1, 0.15) is 12.8 Å². The number of nitrogens with zero attached hydrogens (tertiary/aromatic N) is 2. The van der Waals surface area contributed by atoms with Gasteiger partial charge in [0.1, 0.15) is 19.0 Å². The Labute approximate surface area is 146 Å². The third-order valence-electron chi connectivity index (χ3n) is 4.28. The standard InChI is InChI=1S/C17H19N3O4S/c21-25(22,14-4-5-15-16(11-14)24-10-9-23-15)19-17-6-3-13(12-18-17)20-7-1-2-8-20/h3-6,11-12H,1-2,7-10H2,(H,18,19).